The maximum absolute atomic E-state index is 11.7. The third-order valence-corrected chi connectivity index (χ3v) is 3.65. The van der Waals surface area contributed by atoms with E-state index in [0.29, 0.717) is 21.2 Å². The van der Waals surface area contributed by atoms with Crippen molar-refractivity contribution in [2.45, 2.75) is 6.92 Å². The molecule has 6 nitrogen and oxygen atoms in total. The van der Waals surface area contributed by atoms with Gasteiger partial charge in [0.2, 0.25) is 0 Å². The third kappa shape index (κ3) is 2.80. The molecule has 2 rings (SSSR count). The topological polar surface area (TPSA) is 82.8 Å². The van der Waals surface area contributed by atoms with E-state index in [9.17, 15) is 13.2 Å². The molecule has 1 aromatic carbocycles. The Balaban J connectivity index is 2.70. The van der Waals surface area contributed by atoms with Gasteiger partial charge in [-0.15, -0.1) is 0 Å². The molecule has 0 saturated carbocycles. The molecule has 0 bridgehead atoms. The summed E-state index contributed by atoms with van der Waals surface area (Å²) in [5, 5.41) is 0.427. The van der Waals surface area contributed by atoms with E-state index in [1.54, 1.807) is 6.92 Å². The van der Waals surface area contributed by atoms with E-state index in [-0.39, 0.29) is 11.3 Å². The number of hydrogen-bond acceptors (Lipinski definition) is 6. The second-order valence-electron chi connectivity index (χ2n) is 4.09. The zero-order chi connectivity index (χ0) is 15.1. The number of carbonyl (C=O) groups is 1. The monoisotopic (exact) mass is 362 g/mol. The summed E-state index contributed by atoms with van der Waals surface area (Å²) in [4.78, 5) is 11.7. The summed E-state index contributed by atoms with van der Waals surface area (Å²) < 4.78 is 37.8. The molecule has 20 heavy (non-hydrogen) atoms. The lowest BCUT2D eigenvalue weighted by atomic mass is 10.1. The number of rotatable bonds is 3. The van der Waals surface area contributed by atoms with Crippen LogP contribution in [0.25, 0.3) is 11.0 Å². The van der Waals surface area contributed by atoms with Gasteiger partial charge in [0.05, 0.1) is 17.8 Å². The van der Waals surface area contributed by atoms with Crippen LogP contribution in [0.2, 0.25) is 0 Å². The summed E-state index contributed by atoms with van der Waals surface area (Å²) in [6.45, 7) is 1.62. The van der Waals surface area contributed by atoms with Gasteiger partial charge in [0, 0.05) is 5.39 Å². The van der Waals surface area contributed by atoms with E-state index in [0.717, 1.165) is 6.26 Å². The Labute approximate surface area is 123 Å². The Hall–Kier alpha value is -1.54. The second kappa shape index (κ2) is 5.10. The van der Waals surface area contributed by atoms with Crippen LogP contribution in [0.3, 0.4) is 0 Å². The molecule has 1 heterocycles. The minimum atomic E-state index is -3.68. The van der Waals surface area contributed by atoms with Gasteiger partial charge < -0.3 is 13.3 Å². The van der Waals surface area contributed by atoms with Crippen LogP contribution in [0.15, 0.2) is 21.0 Å². The Morgan fingerprint density at radius 1 is 1.35 bits per heavy atom. The zero-order valence-corrected chi connectivity index (χ0v) is 13.3. The van der Waals surface area contributed by atoms with Crippen LogP contribution in [-0.2, 0) is 14.9 Å². The Morgan fingerprint density at radius 2 is 2.00 bits per heavy atom. The fourth-order valence-electron chi connectivity index (χ4n) is 1.80. The van der Waals surface area contributed by atoms with E-state index in [1.807, 2.05) is 0 Å². The zero-order valence-electron chi connectivity index (χ0n) is 10.9. The molecular formula is C12H11BrO6S. The molecule has 0 spiro atoms. The molecule has 0 atom stereocenters. The standard InChI is InChI=1S/C12H11BrO6S/c1-6-11(12(14)17-2)7-4-10(19-20(3,15)16)8(13)5-9(7)18-6/h4-5H,1-3H3. The highest BCUT2D eigenvalue weighted by atomic mass is 79.9. The quantitative estimate of drug-likeness (QED) is 0.616. The minimum absolute atomic E-state index is 0.0750. The van der Waals surface area contributed by atoms with Gasteiger partial charge in [-0.25, -0.2) is 4.79 Å². The number of carbonyl (C=O) groups excluding carboxylic acids is 1. The second-order valence-corrected chi connectivity index (χ2v) is 6.52. The van der Waals surface area contributed by atoms with Crippen LogP contribution in [0, 0.1) is 6.92 Å². The van der Waals surface area contributed by atoms with Gasteiger partial charge in [-0.3, -0.25) is 0 Å². The summed E-state index contributed by atoms with van der Waals surface area (Å²) in [5.74, 6) is -0.102. The molecule has 0 unspecified atom stereocenters. The molecule has 0 aliphatic carbocycles. The lowest BCUT2D eigenvalue weighted by Gasteiger charge is -2.05. The molecule has 2 aromatic rings. The number of esters is 1. The van der Waals surface area contributed by atoms with Gasteiger partial charge in [-0.05, 0) is 35.0 Å². The van der Waals surface area contributed by atoms with E-state index in [1.165, 1.54) is 19.2 Å². The first-order valence-electron chi connectivity index (χ1n) is 5.43. The molecule has 0 amide bonds. The average Bonchev–Trinajstić information content (AvgIpc) is 2.62. The molecule has 8 heteroatoms. The van der Waals surface area contributed by atoms with E-state index < -0.39 is 16.1 Å². The number of fused-ring (bicyclic) bond motifs is 1. The Kier molecular flexibility index (Phi) is 3.79. The number of hydrogen-bond donors (Lipinski definition) is 0. The molecule has 1 aromatic heterocycles. The van der Waals surface area contributed by atoms with E-state index in [2.05, 4.69) is 20.7 Å². The number of benzene rings is 1. The van der Waals surface area contributed by atoms with Gasteiger partial charge in [-0.1, -0.05) is 0 Å². The van der Waals surface area contributed by atoms with Crippen molar-refractivity contribution in [2.24, 2.45) is 0 Å². The molecule has 0 aliphatic rings. The smallest absolute Gasteiger partial charge is 0.342 e. The van der Waals surface area contributed by atoms with Crippen LogP contribution < -0.4 is 4.18 Å². The van der Waals surface area contributed by atoms with Crippen LogP contribution in [0.5, 0.6) is 5.75 Å². The normalized spacial score (nSPS) is 11.6. The third-order valence-electron chi connectivity index (χ3n) is 2.55. The minimum Gasteiger partial charge on any atom is -0.465 e. The number of ether oxygens (including phenoxy) is 1. The van der Waals surface area contributed by atoms with Crippen LogP contribution >= 0.6 is 15.9 Å². The largest absolute Gasteiger partial charge is 0.465 e. The number of methoxy groups -OCH3 is 1. The summed E-state index contributed by atoms with van der Waals surface area (Å²) in [6.07, 6.45) is 0.936. The van der Waals surface area contributed by atoms with Crippen LogP contribution in [0.4, 0.5) is 0 Å². The summed E-state index contributed by atoms with van der Waals surface area (Å²) in [7, 11) is -2.42. The molecule has 108 valence electrons. The van der Waals surface area contributed by atoms with Crippen molar-refractivity contribution in [3.05, 3.63) is 27.9 Å². The van der Waals surface area contributed by atoms with Crippen molar-refractivity contribution in [1.29, 1.82) is 0 Å². The van der Waals surface area contributed by atoms with Gasteiger partial charge in [0.25, 0.3) is 0 Å². The Morgan fingerprint density at radius 3 is 2.55 bits per heavy atom. The molecule has 0 aliphatic heterocycles. The van der Waals surface area contributed by atoms with Crippen molar-refractivity contribution in [2.75, 3.05) is 13.4 Å². The van der Waals surface area contributed by atoms with E-state index in [4.69, 9.17) is 8.60 Å². The van der Waals surface area contributed by atoms with Gasteiger partial charge in [0.15, 0.2) is 5.75 Å². The highest BCUT2D eigenvalue weighted by Crippen LogP contribution is 2.35. The van der Waals surface area contributed by atoms with Crippen molar-refractivity contribution < 1.29 is 26.5 Å². The maximum atomic E-state index is 11.7. The number of furan rings is 1. The van der Waals surface area contributed by atoms with Crippen molar-refractivity contribution in [1.82, 2.24) is 0 Å². The molecule has 0 radical (unpaired) electrons. The van der Waals surface area contributed by atoms with Crippen molar-refractivity contribution >= 4 is 43.0 Å². The molecular weight excluding hydrogens is 352 g/mol. The maximum Gasteiger partial charge on any atom is 0.342 e. The first kappa shape index (κ1) is 14.9. The SMILES string of the molecule is COC(=O)c1c(C)oc2cc(Br)c(OS(C)(=O)=O)cc12. The predicted octanol–water partition coefficient (Wildman–Crippen LogP) is 2.63. The number of aryl methyl sites for hydroxylation is 1. The molecule has 0 N–H and O–H groups in total. The lowest BCUT2D eigenvalue weighted by molar-refractivity contribution is 0.0600. The number of halogens is 1. The van der Waals surface area contributed by atoms with Crippen LogP contribution in [-0.4, -0.2) is 27.8 Å². The Bertz CT molecular complexity index is 790. The summed E-state index contributed by atoms with van der Waals surface area (Å²) in [5.41, 5.74) is 0.670. The molecule has 0 fully saturated rings. The van der Waals surface area contributed by atoms with Crippen molar-refractivity contribution in [3.8, 4) is 5.75 Å². The predicted molar refractivity (Wildman–Crippen MR) is 75.5 cm³/mol. The summed E-state index contributed by atoms with van der Waals surface area (Å²) >= 11 is 3.19. The fourth-order valence-corrected chi connectivity index (χ4v) is 2.78. The van der Waals surface area contributed by atoms with Gasteiger partial charge >= 0.3 is 16.1 Å². The first-order chi connectivity index (χ1) is 9.23. The van der Waals surface area contributed by atoms with Gasteiger partial charge in [0.1, 0.15) is 16.9 Å². The van der Waals surface area contributed by atoms with Gasteiger partial charge in [-0.2, -0.15) is 8.42 Å². The first-order valence-corrected chi connectivity index (χ1v) is 8.04. The van der Waals surface area contributed by atoms with Crippen molar-refractivity contribution in [3.63, 3.8) is 0 Å². The molecule has 0 saturated heterocycles. The average molecular weight is 363 g/mol. The highest BCUT2D eigenvalue weighted by Gasteiger charge is 2.21. The fraction of sp³-hybridized carbons (Fsp3) is 0.250. The summed E-state index contributed by atoms with van der Waals surface area (Å²) in [6, 6.07) is 2.96. The van der Waals surface area contributed by atoms with E-state index >= 15 is 0 Å². The lowest BCUT2D eigenvalue weighted by Crippen LogP contribution is -2.06. The highest BCUT2D eigenvalue weighted by molar-refractivity contribution is 9.10. The van der Waals surface area contributed by atoms with Crippen LogP contribution in [0.1, 0.15) is 16.1 Å².